The van der Waals surface area contributed by atoms with E-state index in [1.165, 1.54) is 6.92 Å². The SMILES string of the molecule is CC(=O)C[C@@H](CC(=O)O)C(=O)N[C@H](CCC(=O)OCc1ccccc1)C(=O)C[C@@H](CC(=O)O)C(=O)NCCOCCOCCN=[N+]=[N-]. The van der Waals surface area contributed by atoms with Crippen molar-refractivity contribution in [2.75, 3.05) is 39.5 Å². The van der Waals surface area contributed by atoms with Crippen molar-refractivity contribution in [1.82, 2.24) is 10.6 Å². The highest BCUT2D eigenvalue weighted by Gasteiger charge is 2.32. The number of esters is 1. The zero-order valence-corrected chi connectivity index (χ0v) is 26.1. The third-order valence-corrected chi connectivity index (χ3v) is 6.47. The summed E-state index contributed by atoms with van der Waals surface area (Å²) in [7, 11) is 0. The summed E-state index contributed by atoms with van der Waals surface area (Å²) in [6, 6.07) is 7.36. The number of ketones is 2. The summed E-state index contributed by atoms with van der Waals surface area (Å²) in [4.78, 5) is 88.7. The molecule has 0 aliphatic heterocycles. The summed E-state index contributed by atoms with van der Waals surface area (Å²) < 4.78 is 15.7. The summed E-state index contributed by atoms with van der Waals surface area (Å²) in [5.74, 6) is -8.98. The lowest BCUT2D eigenvalue weighted by Gasteiger charge is -2.23. The van der Waals surface area contributed by atoms with Crippen molar-refractivity contribution in [1.29, 1.82) is 0 Å². The summed E-state index contributed by atoms with van der Waals surface area (Å²) in [6.07, 6.45) is -3.09. The van der Waals surface area contributed by atoms with Gasteiger partial charge in [-0.05, 0) is 24.4 Å². The molecule has 0 bridgehead atoms. The Morgan fingerprint density at radius 2 is 1.47 bits per heavy atom. The summed E-state index contributed by atoms with van der Waals surface area (Å²) in [6.45, 7) is 1.92. The number of hydrogen-bond donors (Lipinski definition) is 4. The molecular formula is C30H41N5O12. The van der Waals surface area contributed by atoms with E-state index in [1.807, 2.05) is 0 Å². The van der Waals surface area contributed by atoms with Crippen LogP contribution < -0.4 is 10.6 Å². The van der Waals surface area contributed by atoms with Crippen LogP contribution in [0.15, 0.2) is 35.4 Å². The molecule has 0 unspecified atom stereocenters. The maximum atomic E-state index is 13.4. The molecule has 3 atom stereocenters. The van der Waals surface area contributed by atoms with Crippen LogP contribution in [0.4, 0.5) is 0 Å². The van der Waals surface area contributed by atoms with Crippen LogP contribution in [0.5, 0.6) is 0 Å². The molecule has 0 saturated carbocycles. The Labute approximate surface area is 270 Å². The number of nitrogens with one attached hydrogen (secondary N) is 2. The molecular weight excluding hydrogens is 622 g/mol. The van der Waals surface area contributed by atoms with E-state index in [2.05, 4.69) is 20.7 Å². The monoisotopic (exact) mass is 663 g/mol. The number of hydrogen-bond acceptors (Lipinski definition) is 11. The van der Waals surface area contributed by atoms with Gasteiger partial charge in [-0.1, -0.05) is 35.4 Å². The smallest absolute Gasteiger partial charge is 0.306 e. The van der Waals surface area contributed by atoms with Crippen molar-refractivity contribution in [3.8, 4) is 0 Å². The Morgan fingerprint density at radius 1 is 0.851 bits per heavy atom. The molecule has 17 nitrogen and oxygen atoms in total. The lowest BCUT2D eigenvalue weighted by molar-refractivity contribution is -0.145. The second-order valence-corrected chi connectivity index (χ2v) is 10.4. The molecule has 2 amide bonds. The number of aliphatic carboxylic acids is 2. The highest BCUT2D eigenvalue weighted by atomic mass is 16.5. The normalized spacial score (nSPS) is 12.4. The molecule has 0 saturated heterocycles. The van der Waals surface area contributed by atoms with E-state index in [4.69, 9.17) is 19.7 Å². The van der Waals surface area contributed by atoms with E-state index in [-0.39, 0.29) is 59.0 Å². The maximum Gasteiger partial charge on any atom is 0.306 e. The Balaban J connectivity index is 2.89. The first-order valence-electron chi connectivity index (χ1n) is 14.8. The van der Waals surface area contributed by atoms with Crippen LogP contribution in [0.1, 0.15) is 51.0 Å². The van der Waals surface area contributed by atoms with E-state index in [0.717, 1.165) is 0 Å². The average Bonchev–Trinajstić information content (AvgIpc) is 3.01. The Morgan fingerprint density at radius 3 is 2.06 bits per heavy atom. The highest BCUT2D eigenvalue weighted by Crippen LogP contribution is 2.16. The minimum atomic E-state index is -1.42. The third-order valence-electron chi connectivity index (χ3n) is 6.47. The van der Waals surface area contributed by atoms with Crippen molar-refractivity contribution in [3.05, 3.63) is 46.3 Å². The molecule has 1 rings (SSSR count). The molecule has 1 aromatic rings. The predicted octanol–water partition coefficient (Wildman–Crippen LogP) is 1.57. The fourth-order valence-corrected chi connectivity index (χ4v) is 4.21. The quantitative estimate of drug-likeness (QED) is 0.0362. The van der Waals surface area contributed by atoms with Crippen molar-refractivity contribution < 1.29 is 58.0 Å². The third kappa shape index (κ3) is 19.3. The number of carboxylic acid groups (broad SMARTS) is 2. The average molecular weight is 664 g/mol. The number of carbonyl (C=O) groups is 7. The molecule has 47 heavy (non-hydrogen) atoms. The van der Waals surface area contributed by atoms with Gasteiger partial charge in [-0.15, -0.1) is 0 Å². The first-order chi connectivity index (χ1) is 22.4. The zero-order valence-electron chi connectivity index (χ0n) is 26.1. The largest absolute Gasteiger partial charge is 0.481 e. The fourth-order valence-electron chi connectivity index (χ4n) is 4.21. The van der Waals surface area contributed by atoms with Crippen LogP contribution in [0.25, 0.3) is 10.4 Å². The van der Waals surface area contributed by atoms with Gasteiger partial charge in [-0.3, -0.25) is 28.8 Å². The standard InChI is InChI=1S/C30H41N5O12/c1-20(36)15-22(17-26(38)39)30(44)34-24(7-8-28(42)47-19-21-5-3-2-4-6-21)25(37)16-23(18-27(40)41)29(43)32-9-11-45-13-14-46-12-10-33-35-31/h2-6,22-24H,7-19H2,1H3,(H,32,43)(H,34,44)(H,38,39)(H,40,41)/t22-,23-,24+/m0/s1. The second kappa shape index (κ2) is 23.5. The van der Waals surface area contributed by atoms with Gasteiger partial charge in [0, 0.05) is 37.3 Å². The molecule has 0 aliphatic rings. The molecule has 0 aliphatic carbocycles. The molecule has 0 fully saturated rings. The number of azide groups is 1. The van der Waals surface area contributed by atoms with Crippen LogP contribution in [0.3, 0.4) is 0 Å². The van der Waals surface area contributed by atoms with Gasteiger partial charge in [0.2, 0.25) is 11.8 Å². The number of amides is 2. The number of rotatable bonds is 26. The van der Waals surface area contributed by atoms with E-state index >= 15 is 0 Å². The van der Waals surface area contributed by atoms with E-state index in [0.29, 0.717) is 5.56 Å². The Bertz CT molecular complexity index is 1240. The van der Waals surface area contributed by atoms with Gasteiger partial charge >= 0.3 is 17.9 Å². The van der Waals surface area contributed by atoms with E-state index < -0.39 is 84.8 Å². The van der Waals surface area contributed by atoms with E-state index in [1.54, 1.807) is 30.3 Å². The first-order valence-corrected chi connectivity index (χ1v) is 14.8. The lowest BCUT2D eigenvalue weighted by atomic mass is 9.92. The first kappa shape index (κ1) is 40.2. The van der Waals surface area contributed by atoms with Crippen LogP contribution in [0.2, 0.25) is 0 Å². The van der Waals surface area contributed by atoms with Crippen molar-refractivity contribution in [3.63, 3.8) is 0 Å². The van der Waals surface area contributed by atoms with Gasteiger partial charge in [-0.2, -0.15) is 0 Å². The number of ether oxygens (including phenoxy) is 3. The molecule has 0 radical (unpaired) electrons. The number of nitrogens with zero attached hydrogens (tertiary/aromatic N) is 3. The number of carboxylic acids is 2. The summed E-state index contributed by atoms with van der Waals surface area (Å²) >= 11 is 0. The molecule has 4 N–H and O–H groups in total. The van der Waals surface area contributed by atoms with Gasteiger partial charge < -0.3 is 39.9 Å². The van der Waals surface area contributed by atoms with Gasteiger partial charge in [0.05, 0.1) is 57.1 Å². The van der Waals surface area contributed by atoms with Crippen molar-refractivity contribution >= 4 is 41.3 Å². The van der Waals surface area contributed by atoms with Crippen molar-refractivity contribution in [2.24, 2.45) is 17.0 Å². The van der Waals surface area contributed by atoms with Crippen LogP contribution >= 0.6 is 0 Å². The van der Waals surface area contributed by atoms with Gasteiger partial charge in [0.25, 0.3) is 0 Å². The van der Waals surface area contributed by atoms with Gasteiger partial charge in [-0.25, -0.2) is 0 Å². The van der Waals surface area contributed by atoms with Crippen LogP contribution in [-0.2, 0) is 54.4 Å². The lowest BCUT2D eigenvalue weighted by Crippen LogP contribution is -2.46. The molecule has 0 heterocycles. The molecule has 0 aromatic heterocycles. The number of benzene rings is 1. The van der Waals surface area contributed by atoms with E-state index in [9.17, 15) is 43.8 Å². The summed E-state index contributed by atoms with van der Waals surface area (Å²) in [5, 5.41) is 26.8. The minimum absolute atomic E-state index is 0.0167. The molecule has 1 aromatic carbocycles. The Kier molecular flexibility index (Phi) is 20.1. The Hall–Kier alpha value is -4.86. The van der Waals surface area contributed by atoms with Crippen LogP contribution in [0, 0.1) is 11.8 Å². The minimum Gasteiger partial charge on any atom is -0.481 e. The van der Waals surface area contributed by atoms with Gasteiger partial charge in [0.1, 0.15) is 12.4 Å². The molecule has 258 valence electrons. The summed E-state index contributed by atoms with van der Waals surface area (Å²) in [5.41, 5.74) is 8.92. The van der Waals surface area contributed by atoms with Crippen molar-refractivity contribution in [2.45, 2.75) is 58.1 Å². The predicted molar refractivity (Wildman–Crippen MR) is 162 cm³/mol. The zero-order chi connectivity index (χ0) is 35.0. The highest BCUT2D eigenvalue weighted by molar-refractivity contribution is 5.95. The number of Topliss-reactive ketones (excluding diaryl/α,β-unsaturated/α-hetero) is 2. The van der Waals surface area contributed by atoms with Crippen LogP contribution in [-0.4, -0.2) is 97.1 Å². The molecule has 17 heteroatoms. The maximum absolute atomic E-state index is 13.4. The van der Waals surface area contributed by atoms with Gasteiger partial charge in [0.15, 0.2) is 5.78 Å². The topological polar surface area (TPSA) is 260 Å². The molecule has 0 spiro atoms. The number of carbonyl (C=O) groups excluding carboxylic acids is 5. The second-order valence-electron chi connectivity index (χ2n) is 10.4. The fraction of sp³-hybridized carbons (Fsp3) is 0.567.